The highest BCUT2D eigenvalue weighted by Gasteiger charge is 2.45. The zero-order valence-electron chi connectivity index (χ0n) is 9.18. The quantitative estimate of drug-likeness (QED) is 0.578. The van der Waals surface area contributed by atoms with E-state index >= 15 is 0 Å². The summed E-state index contributed by atoms with van der Waals surface area (Å²) in [6, 6.07) is 2.57. The first-order chi connectivity index (χ1) is 8.59. The van der Waals surface area contributed by atoms with E-state index in [-0.39, 0.29) is 17.5 Å². The molecule has 0 aromatic heterocycles. The number of fused-ring (bicyclic) bond motifs is 3. The Morgan fingerprint density at radius 3 is 3.06 bits per heavy atom. The lowest BCUT2D eigenvalue weighted by Gasteiger charge is -2.30. The summed E-state index contributed by atoms with van der Waals surface area (Å²) in [7, 11) is -1.16. The van der Waals surface area contributed by atoms with Crippen molar-refractivity contribution in [3.63, 3.8) is 0 Å². The average molecular weight is 246 g/mol. The summed E-state index contributed by atoms with van der Waals surface area (Å²) in [4.78, 5) is 11.1. The fourth-order valence-corrected chi connectivity index (χ4v) is 2.44. The van der Waals surface area contributed by atoms with Gasteiger partial charge in [-0.25, -0.2) is 9.18 Å². The molecule has 2 N–H and O–H groups in total. The molecule has 90 valence electrons. The predicted molar refractivity (Wildman–Crippen MR) is 60.8 cm³/mol. The van der Waals surface area contributed by atoms with Gasteiger partial charge in [-0.05, 0) is 6.07 Å². The van der Waals surface area contributed by atoms with Crippen LogP contribution in [0.4, 0.5) is 4.39 Å². The van der Waals surface area contributed by atoms with Crippen molar-refractivity contribution < 1.29 is 24.0 Å². The molecule has 0 amide bonds. The largest absolute Gasteiger partial charge is 0.535 e. The van der Waals surface area contributed by atoms with Gasteiger partial charge in [0.2, 0.25) is 0 Å². The number of rotatable bonds is 1. The zero-order valence-corrected chi connectivity index (χ0v) is 9.18. The number of carboxylic acids is 1. The van der Waals surface area contributed by atoms with Gasteiger partial charge in [0, 0.05) is 17.8 Å². The van der Waals surface area contributed by atoms with Gasteiger partial charge < -0.3 is 14.8 Å². The Kier molecular flexibility index (Phi) is 2.32. The molecule has 1 aliphatic heterocycles. The van der Waals surface area contributed by atoms with Gasteiger partial charge in [0.25, 0.3) is 0 Å². The SMILES string of the molecule is O=C(O)c1c(F)ccc2c1OB(O)[C@@H]1CC#C[C@H]21. The first-order valence-corrected chi connectivity index (χ1v) is 5.48. The summed E-state index contributed by atoms with van der Waals surface area (Å²) in [5.74, 6) is 2.87. The van der Waals surface area contributed by atoms with Crippen LogP contribution in [-0.4, -0.2) is 23.2 Å². The minimum atomic E-state index is -1.42. The Balaban J connectivity index is 2.21. The third-order valence-corrected chi connectivity index (χ3v) is 3.31. The minimum absolute atomic E-state index is 0.104. The summed E-state index contributed by atoms with van der Waals surface area (Å²) in [6.07, 6.45) is 0.491. The van der Waals surface area contributed by atoms with Gasteiger partial charge in [-0.3, -0.25) is 0 Å². The number of halogens is 1. The van der Waals surface area contributed by atoms with Crippen molar-refractivity contribution in [2.24, 2.45) is 0 Å². The van der Waals surface area contributed by atoms with E-state index in [9.17, 15) is 14.2 Å². The van der Waals surface area contributed by atoms with Gasteiger partial charge in [0.05, 0.1) is 5.92 Å². The molecule has 0 bridgehead atoms. The monoisotopic (exact) mass is 246 g/mol. The lowest BCUT2D eigenvalue weighted by atomic mass is 9.62. The third-order valence-electron chi connectivity index (χ3n) is 3.31. The molecule has 0 saturated carbocycles. The summed E-state index contributed by atoms with van der Waals surface area (Å²) < 4.78 is 18.7. The van der Waals surface area contributed by atoms with Crippen molar-refractivity contribution in [1.29, 1.82) is 0 Å². The Hall–Kier alpha value is -2.00. The molecule has 6 heteroatoms. The molecule has 0 spiro atoms. The summed E-state index contributed by atoms with van der Waals surface area (Å²) in [5, 5.41) is 18.8. The highest BCUT2D eigenvalue weighted by molar-refractivity contribution is 6.47. The first-order valence-electron chi connectivity index (χ1n) is 5.48. The molecule has 0 fully saturated rings. The number of carbonyl (C=O) groups is 1. The lowest BCUT2D eigenvalue weighted by Crippen LogP contribution is -2.35. The second-order valence-electron chi connectivity index (χ2n) is 4.32. The molecule has 2 aliphatic rings. The molecule has 1 aromatic carbocycles. The number of aromatic carboxylic acids is 1. The van der Waals surface area contributed by atoms with Crippen molar-refractivity contribution in [2.75, 3.05) is 0 Å². The van der Waals surface area contributed by atoms with Crippen LogP contribution in [0.2, 0.25) is 5.82 Å². The number of hydrogen-bond acceptors (Lipinski definition) is 3. The molecule has 0 radical (unpaired) electrons. The maximum Gasteiger partial charge on any atom is 0.528 e. The van der Waals surface area contributed by atoms with Gasteiger partial charge in [0.15, 0.2) is 0 Å². The van der Waals surface area contributed by atoms with Crippen molar-refractivity contribution in [3.8, 4) is 17.6 Å². The normalized spacial score (nSPS) is 23.6. The molecular formula is C12H8BFO4. The standard InChI is InChI=1S/C12H8BFO4/c14-9-5-4-7-6-2-1-3-8(6)13(17)18-11(7)10(9)12(15)16/h4-6,8,17H,3H2,(H,15,16)/t6-,8-/m1/s1. The topological polar surface area (TPSA) is 66.8 Å². The molecule has 2 atom stereocenters. The number of benzene rings is 1. The molecule has 3 rings (SSSR count). The third kappa shape index (κ3) is 1.41. The Bertz CT molecular complexity index is 604. The minimum Gasteiger partial charge on any atom is -0.535 e. The molecule has 0 unspecified atom stereocenters. The Labute approximate surface area is 103 Å². The van der Waals surface area contributed by atoms with Gasteiger partial charge in [-0.2, -0.15) is 0 Å². The maximum absolute atomic E-state index is 13.5. The van der Waals surface area contributed by atoms with Gasteiger partial charge in [-0.1, -0.05) is 12.0 Å². The lowest BCUT2D eigenvalue weighted by molar-refractivity contribution is 0.0689. The van der Waals surface area contributed by atoms with Crippen molar-refractivity contribution in [3.05, 3.63) is 29.1 Å². The zero-order chi connectivity index (χ0) is 12.9. The van der Waals surface area contributed by atoms with Gasteiger partial charge >= 0.3 is 13.1 Å². The van der Waals surface area contributed by atoms with Crippen LogP contribution in [0.5, 0.6) is 5.75 Å². The van der Waals surface area contributed by atoms with E-state index in [0.717, 1.165) is 6.07 Å². The molecule has 4 nitrogen and oxygen atoms in total. The summed E-state index contributed by atoms with van der Waals surface area (Å²) in [6.45, 7) is 0. The van der Waals surface area contributed by atoms with E-state index in [1.165, 1.54) is 6.07 Å². The van der Waals surface area contributed by atoms with Crippen LogP contribution in [0.3, 0.4) is 0 Å². The van der Waals surface area contributed by atoms with Crippen LogP contribution in [0.15, 0.2) is 12.1 Å². The van der Waals surface area contributed by atoms with E-state index < -0.39 is 24.5 Å². The van der Waals surface area contributed by atoms with Gasteiger partial charge in [-0.15, -0.1) is 5.92 Å². The Morgan fingerprint density at radius 1 is 1.56 bits per heavy atom. The second-order valence-corrected chi connectivity index (χ2v) is 4.32. The highest BCUT2D eigenvalue weighted by atomic mass is 19.1. The van der Waals surface area contributed by atoms with Crippen LogP contribution in [0.25, 0.3) is 0 Å². The van der Waals surface area contributed by atoms with E-state index in [2.05, 4.69) is 11.8 Å². The van der Waals surface area contributed by atoms with E-state index in [4.69, 9.17) is 9.76 Å². The van der Waals surface area contributed by atoms with Crippen LogP contribution < -0.4 is 4.65 Å². The second kappa shape index (κ2) is 3.75. The van der Waals surface area contributed by atoms with Crippen LogP contribution in [0.1, 0.15) is 28.3 Å². The van der Waals surface area contributed by atoms with Crippen LogP contribution >= 0.6 is 0 Å². The fourth-order valence-electron chi connectivity index (χ4n) is 2.44. The molecule has 1 aromatic rings. The molecule has 1 heterocycles. The fraction of sp³-hybridized carbons (Fsp3) is 0.250. The summed E-state index contributed by atoms with van der Waals surface area (Å²) >= 11 is 0. The predicted octanol–water partition coefficient (Wildman–Crippen LogP) is 1.26. The molecule has 1 aliphatic carbocycles. The van der Waals surface area contributed by atoms with Crippen LogP contribution in [-0.2, 0) is 0 Å². The van der Waals surface area contributed by atoms with Crippen molar-refractivity contribution >= 4 is 13.1 Å². The highest BCUT2D eigenvalue weighted by Crippen LogP contribution is 2.46. The molecule has 0 saturated heterocycles. The summed E-state index contributed by atoms with van der Waals surface area (Å²) in [5.41, 5.74) is -0.00667. The number of hydrogen-bond donors (Lipinski definition) is 2. The van der Waals surface area contributed by atoms with Crippen LogP contribution in [0, 0.1) is 17.7 Å². The maximum atomic E-state index is 13.5. The van der Waals surface area contributed by atoms with Gasteiger partial charge in [0.1, 0.15) is 17.1 Å². The smallest absolute Gasteiger partial charge is 0.528 e. The first kappa shape index (κ1) is 11.1. The van der Waals surface area contributed by atoms with E-state index in [0.29, 0.717) is 12.0 Å². The number of carboxylic acid groups (broad SMARTS) is 1. The van der Waals surface area contributed by atoms with Crippen molar-refractivity contribution in [1.82, 2.24) is 0 Å². The van der Waals surface area contributed by atoms with E-state index in [1.54, 1.807) is 0 Å². The average Bonchev–Trinajstić information content (AvgIpc) is 2.77. The van der Waals surface area contributed by atoms with Crippen molar-refractivity contribution in [2.45, 2.75) is 18.2 Å². The Morgan fingerprint density at radius 2 is 2.33 bits per heavy atom. The molecular weight excluding hydrogens is 238 g/mol. The van der Waals surface area contributed by atoms with E-state index in [1.807, 2.05) is 0 Å². The molecule has 18 heavy (non-hydrogen) atoms.